The van der Waals surface area contributed by atoms with E-state index >= 15 is 0 Å². The minimum absolute atomic E-state index is 0.319. The lowest BCUT2D eigenvalue weighted by Crippen LogP contribution is -2.07. The van der Waals surface area contributed by atoms with E-state index in [9.17, 15) is 4.79 Å². The highest BCUT2D eigenvalue weighted by Gasteiger charge is 2.56. The van der Waals surface area contributed by atoms with Crippen LogP contribution in [0.15, 0.2) is 18.2 Å². The molecule has 3 aliphatic rings. The SMILES string of the molecule is O=C(c1cccc2c1OCC2)C1C2CCCC21. The van der Waals surface area contributed by atoms with E-state index in [1.165, 1.54) is 24.8 Å². The summed E-state index contributed by atoms with van der Waals surface area (Å²) in [6.45, 7) is 0.733. The van der Waals surface area contributed by atoms with E-state index in [4.69, 9.17) is 4.74 Å². The number of carbonyl (C=O) groups is 1. The van der Waals surface area contributed by atoms with Gasteiger partial charge in [0.1, 0.15) is 5.75 Å². The molecule has 0 radical (unpaired) electrons. The molecule has 2 unspecified atom stereocenters. The average molecular weight is 228 g/mol. The van der Waals surface area contributed by atoms with Crippen molar-refractivity contribution >= 4 is 5.78 Å². The molecule has 2 atom stereocenters. The molecule has 1 aromatic rings. The van der Waals surface area contributed by atoms with Crippen molar-refractivity contribution in [2.24, 2.45) is 17.8 Å². The molecular formula is C15H16O2. The molecule has 0 amide bonds. The molecule has 0 bridgehead atoms. The molecule has 0 spiro atoms. The molecular weight excluding hydrogens is 212 g/mol. The van der Waals surface area contributed by atoms with Crippen LogP contribution in [0.5, 0.6) is 5.75 Å². The summed E-state index contributed by atoms with van der Waals surface area (Å²) in [6.07, 6.45) is 4.80. The number of hydrogen-bond donors (Lipinski definition) is 0. The molecule has 2 nitrogen and oxygen atoms in total. The van der Waals surface area contributed by atoms with Gasteiger partial charge in [0, 0.05) is 12.3 Å². The first kappa shape index (κ1) is 9.69. The lowest BCUT2D eigenvalue weighted by Gasteiger charge is -2.08. The fourth-order valence-corrected chi connectivity index (χ4v) is 3.80. The standard InChI is InChI=1S/C15H16O2/c16-14(13-10-4-2-5-11(10)13)12-6-1-3-9-7-8-17-15(9)12/h1,3,6,10-11,13H,2,4-5,7-8H2. The number of benzene rings is 1. The van der Waals surface area contributed by atoms with E-state index < -0.39 is 0 Å². The first-order chi connectivity index (χ1) is 8.36. The Hall–Kier alpha value is -1.31. The number of ether oxygens (including phenoxy) is 1. The Morgan fingerprint density at radius 3 is 2.88 bits per heavy atom. The van der Waals surface area contributed by atoms with E-state index in [2.05, 4.69) is 6.07 Å². The molecule has 0 aromatic heterocycles. The van der Waals surface area contributed by atoms with Gasteiger partial charge >= 0.3 is 0 Å². The van der Waals surface area contributed by atoms with E-state index in [0.717, 1.165) is 24.3 Å². The third-order valence-corrected chi connectivity index (χ3v) is 4.69. The van der Waals surface area contributed by atoms with Crippen LogP contribution in [0.1, 0.15) is 35.2 Å². The summed E-state index contributed by atoms with van der Waals surface area (Å²) in [7, 11) is 0. The maximum atomic E-state index is 12.5. The molecule has 0 saturated heterocycles. The monoisotopic (exact) mass is 228 g/mol. The maximum absolute atomic E-state index is 12.5. The first-order valence-corrected chi connectivity index (χ1v) is 6.65. The highest BCUT2D eigenvalue weighted by Crippen LogP contribution is 2.59. The Kier molecular flexibility index (Phi) is 1.91. The van der Waals surface area contributed by atoms with Crippen molar-refractivity contribution in [1.82, 2.24) is 0 Å². The number of hydrogen-bond acceptors (Lipinski definition) is 2. The van der Waals surface area contributed by atoms with Gasteiger partial charge in [-0.1, -0.05) is 18.6 Å². The maximum Gasteiger partial charge on any atom is 0.170 e. The predicted octanol–water partition coefficient (Wildman–Crippen LogP) is 2.85. The van der Waals surface area contributed by atoms with Crippen LogP contribution >= 0.6 is 0 Å². The Morgan fingerprint density at radius 2 is 2.06 bits per heavy atom. The Balaban J connectivity index is 1.67. The van der Waals surface area contributed by atoms with Gasteiger partial charge in [-0.15, -0.1) is 0 Å². The Labute approximate surface area is 101 Å². The lowest BCUT2D eigenvalue weighted by molar-refractivity contribution is 0.0948. The Bertz CT molecular complexity index is 482. The topological polar surface area (TPSA) is 26.3 Å². The number of Topliss-reactive ketones (excluding diaryl/α,β-unsaturated/α-hetero) is 1. The quantitative estimate of drug-likeness (QED) is 0.727. The second kappa shape index (κ2) is 3.34. The molecule has 2 saturated carbocycles. The summed E-state index contributed by atoms with van der Waals surface area (Å²) < 4.78 is 5.63. The summed E-state index contributed by atoms with van der Waals surface area (Å²) in [5.41, 5.74) is 2.06. The number of para-hydroxylation sites is 1. The van der Waals surface area contributed by atoms with Crippen LogP contribution in [0.4, 0.5) is 0 Å². The zero-order valence-electron chi connectivity index (χ0n) is 9.82. The second-order valence-corrected chi connectivity index (χ2v) is 5.54. The van der Waals surface area contributed by atoms with Crippen molar-refractivity contribution in [3.05, 3.63) is 29.3 Å². The van der Waals surface area contributed by atoms with Crippen LogP contribution < -0.4 is 4.74 Å². The zero-order valence-corrected chi connectivity index (χ0v) is 9.82. The lowest BCUT2D eigenvalue weighted by atomic mass is 9.98. The van der Waals surface area contributed by atoms with Gasteiger partial charge in [0.15, 0.2) is 5.78 Å². The number of fused-ring (bicyclic) bond motifs is 2. The van der Waals surface area contributed by atoms with Crippen LogP contribution in [-0.2, 0) is 6.42 Å². The van der Waals surface area contributed by atoms with Crippen molar-refractivity contribution in [1.29, 1.82) is 0 Å². The highest BCUT2D eigenvalue weighted by molar-refractivity contribution is 6.02. The smallest absolute Gasteiger partial charge is 0.170 e. The molecule has 2 heteroatoms. The predicted molar refractivity (Wildman–Crippen MR) is 64.3 cm³/mol. The summed E-state index contributed by atoms with van der Waals surface area (Å²) in [6, 6.07) is 6.02. The van der Waals surface area contributed by atoms with E-state index in [0.29, 0.717) is 23.5 Å². The molecule has 88 valence electrons. The summed E-state index contributed by atoms with van der Waals surface area (Å²) in [5, 5.41) is 0. The van der Waals surface area contributed by atoms with Crippen LogP contribution in [0.3, 0.4) is 0 Å². The van der Waals surface area contributed by atoms with Crippen molar-refractivity contribution in [3.63, 3.8) is 0 Å². The van der Waals surface area contributed by atoms with Gasteiger partial charge in [-0.2, -0.15) is 0 Å². The minimum atomic E-state index is 0.319. The molecule has 2 aliphatic carbocycles. The van der Waals surface area contributed by atoms with Gasteiger partial charge in [-0.05, 0) is 36.3 Å². The fourth-order valence-electron chi connectivity index (χ4n) is 3.80. The number of carbonyl (C=O) groups excluding carboxylic acids is 1. The van der Waals surface area contributed by atoms with Crippen molar-refractivity contribution in [2.75, 3.05) is 6.61 Å². The van der Waals surface area contributed by atoms with Crippen LogP contribution in [-0.4, -0.2) is 12.4 Å². The normalized spacial score (nSPS) is 32.8. The zero-order chi connectivity index (χ0) is 11.4. The molecule has 0 N–H and O–H groups in total. The summed E-state index contributed by atoms with van der Waals surface area (Å²) in [4.78, 5) is 12.5. The average Bonchev–Trinajstić information content (AvgIpc) is 2.77. The van der Waals surface area contributed by atoms with E-state index in [-0.39, 0.29) is 0 Å². The third kappa shape index (κ3) is 1.30. The number of ketones is 1. The summed E-state index contributed by atoms with van der Waals surface area (Å²) >= 11 is 0. The van der Waals surface area contributed by atoms with Crippen LogP contribution in [0, 0.1) is 17.8 Å². The van der Waals surface area contributed by atoms with Gasteiger partial charge in [-0.25, -0.2) is 0 Å². The van der Waals surface area contributed by atoms with E-state index in [1.54, 1.807) is 0 Å². The second-order valence-electron chi connectivity index (χ2n) is 5.54. The van der Waals surface area contributed by atoms with Gasteiger partial charge in [-0.3, -0.25) is 4.79 Å². The molecule has 1 aromatic carbocycles. The van der Waals surface area contributed by atoms with Gasteiger partial charge in [0.05, 0.1) is 12.2 Å². The van der Waals surface area contributed by atoms with Crippen LogP contribution in [0.25, 0.3) is 0 Å². The van der Waals surface area contributed by atoms with Crippen molar-refractivity contribution < 1.29 is 9.53 Å². The first-order valence-electron chi connectivity index (χ1n) is 6.65. The van der Waals surface area contributed by atoms with Crippen molar-refractivity contribution in [3.8, 4) is 5.75 Å². The minimum Gasteiger partial charge on any atom is -0.492 e. The number of rotatable bonds is 2. The molecule has 4 rings (SSSR count). The van der Waals surface area contributed by atoms with Gasteiger partial charge < -0.3 is 4.74 Å². The molecule has 2 fully saturated rings. The third-order valence-electron chi connectivity index (χ3n) is 4.69. The van der Waals surface area contributed by atoms with Gasteiger partial charge in [0.25, 0.3) is 0 Å². The van der Waals surface area contributed by atoms with Gasteiger partial charge in [0.2, 0.25) is 0 Å². The highest BCUT2D eigenvalue weighted by atomic mass is 16.5. The fraction of sp³-hybridized carbons (Fsp3) is 0.533. The largest absolute Gasteiger partial charge is 0.492 e. The molecule has 17 heavy (non-hydrogen) atoms. The molecule has 1 aliphatic heterocycles. The van der Waals surface area contributed by atoms with E-state index in [1.807, 2.05) is 12.1 Å². The Morgan fingerprint density at radius 1 is 1.24 bits per heavy atom. The van der Waals surface area contributed by atoms with Crippen molar-refractivity contribution in [2.45, 2.75) is 25.7 Å². The molecule has 1 heterocycles. The summed E-state index contributed by atoms with van der Waals surface area (Å²) in [5.74, 6) is 2.93. The van der Waals surface area contributed by atoms with Crippen LogP contribution in [0.2, 0.25) is 0 Å².